The number of rotatable bonds is 14. The lowest BCUT2D eigenvalue weighted by Crippen LogP contribution is -2.16. The van der Waals surface area contributed by atoms with Gasteiger partial charge in [0.1, 0.15) is 0 Å². The van der Waals surface area contributed by atoms with Gasteiger partial charge in [0.05, 0.1) is 11.4 Å². The van der Waals surface area contributed by atoms with Crippen LogP contribution in [0.2, 0.25) is 5.02 Å². The first-order chi connectivity index (χ1) is 40.1. The van der Waals surface area contributed by atoms with Crippen molar-refractivity contribution in [3.63, 3.8) is 0 Å². The second-order valence-corrected chi connectivity index (χ2v) is 20.6. The molecule has 0 unspecified atom stereocenters. The van der Waals surface area contributed by atoms with Crippen LogP contribution >= 0.6 is 11.6 Å². The zero-order chi connectivity index (χ0) is 54.3. The van der Waals surface area contributed by atoms with E-state index in [-0.39, 0.29) is 0 Å². The molecule has 0 saturated heterocycles. The van der Waals surface area contributed by atoms with E-state index in [1.54, 1.807) is 0 Å². The monoisotopic (exact) mass is 1050 g/mol. The Morgan fingerprint density at radius 3 is 0.630 bits per heavy atom. The number of hydrogen-bond acceptors (Lipinski definition) is 2. The van der Waals surface area contributed by atoms with E-state index < -0.39 is 0 Å². The van der Waals surface area contributed by atoms with Crippen LogP contribution in [0.5, 0.6) is 0 Å². The van der Waals surface area contributed by atoms with Crippen LogP contribution in [0.25, 0.3) is 89.0 Å². The molecule has 0 aromatic heterocycles. The minimum Gasteiger partial charge on any atom is -0.309 e. The lowest BCUT2D eigenvalue weighted by molar-refractivity contribution is 1.25. The highest BCUT2D eigenvalue weighted by Gasteiger charge is 2.28. The molecule has 0 N–H and O–H groups in total. The van der Waals surface area contributed by atoms with Crippen molar-refractivity contribution in [1.29, 1.82) is 0 Å². The Morgan fingerprint density at radius 1 is 0.173 bits per heavy atom. The maximum Gasteiger partial charge on any atom is 0.0618 e. The molecule has 0 spiro atoms. The number of halogens is 1. The van der Waals surface area contributed by atoms with E-state index in [1.165, 1.54) is 0 Å². The van der Waals surface area contributed by atoms with Gasteiger partial charge in [-0.2, -0.15) is 0 Å². The lowest BCUT2D eigenvalue weighted by atomic mass is 9.89. The number of anilines is 6. The van der Waals surface area contributed by atoms with E-state index in [2.05, 4.69) is 343 Å². The van der Waals surface area contributed by atoms with Gasteiger partial charge in [-0.15, -0.1) is 0 Å². The molecule has 2 nitrogen and oxygen atoms in total. The lowest BCUT2D eigenvalue weighted by Gasteiger charge is -2.34. The average Bonchev–Trinajstić information content (AvgIpc) is 3.70. The van der Waals surface area contributed by atoms with Gasteiger partial charge in [0, 0.05) is 50.0 Å². The second kappa shape index (κ2) is 23.0. The molecule has 0 aliphatic rings. The second-order valence-electron chi connectivity index (χ2n) is 20.2. The molecule has 3 heteroatoms. The standard InChI is InChI=1S/C78H55ClN2/c79-68-53-71(80(69-45-41-60(42-46-69)56-25-9-1-10-26-56)77-73(62-33-17-5-18-34-62)49-66(58-29-13-3-14-30-58)50-74(77)63-35-19-6-20-36-63)55-72(54-68)81(70-47-43-61(44-48-70)57-27-11-2-12-28-57)78-75(64-37-21-7-22-38-64)51-67(59-31-15-4-16-32-59)52-76(78)65-39-23-8-24-40-65/h1-55H. The topological polar surface area (TPSA) is 6.48 Å². The van der Waals surface area contributed by atoms with Gasteiger partial charge in [0.15, 0.2) is 0 Å². The number of benzene rings is 13. The molecule has 81 heavy (non-hydrogen) atoms. The molecule has 384 valence electrons. The summed E-state index contributed by atoms with van der Waals surface area (Å²) in [6.07, 6.45) is 0. The first-order valence-electron chi connectivity index (χ1n) is 27.5. The zero-order valence-corrected chi connectivity index (χ0v) is 45.3. The normalized spacial score (nSPS) is 11.0. The van der Waals surface area contributed by atoms with Gasteiger partial charge in [0.25, 0.3) is 0 Å². The van der Waals surface area contributed by atoms with Crippen LogP contribution in [-0.4, -0.2) is 0 Å². The predicted molar refractivity (Wildman–Crippen MR) is 344 cm³/mol. The Labute approximate surface area is 480 Å². The molecule has 13 aromatic rings. The summed E-state index contributed by atoms with van der Waals surface area (Å²) < 4.78 is 0. The van der Waals surface area contributed by atoms with E-state index in [9.17, 15) is 0 Å². The average molecular weight is 1060 g/mol. The highest BCUT2D eigenvalue weighted by molar-refractivity contribution is 6.31. The Hall–Kier alpha value is -10.3. The molecule has 0 atom stereocenters. The summed E-state index contributed by atoms with van der Waals surface area (Å²) in [6, 6.07) is 120. The summed E-state index contributed by atoms with van der Waals surface area (Å²) in [4.78, 5) is 4.85. The summed E-state index contributed by atoms with van der Waals surface area (Å²) >= 11 is 7.78. The van der Waals surface area contributed by atoms with Crippen LogP contribution in [0.4, 0.5) is 34.1 Å². The van der Waals surface area contributed by atoms with Crippen molar-refractivity contribution in [2.75, 3.05) is 9.80 Å². The van der Waals surface area contributed by atoms with Crippen LogP contribution < -0.4 is 9.80 Å². The molecule has 0 bridgehead atoms. The van der Waals surface area contributed by atoms with Crippen molar-refractivity contribution in [2.45, 2.75) is 0 Å². The van der Waals surface area contributed by atoms with Crippen molar-refractivity contribution < 1.29 is 0 Å². The largest absolute Gasteiger partial charge is 0.309 e. The molecule has 0 aliphatic heterocycles. The molecular formula is C78H55ClN2. The summed E-state index contributed by atoms with van der Waals surface area (Å²) in [7, 11) is 0. The first-order valence-corrected chi connectivity index (χ1v) is 27.9. The fourth-order valence-electron chi connectivity index (χ4n) is 11.2. The van der Waals surface area contributed by atoms with Crippen molar-refractivity contribution in [3.05, 3.63) is 339 Å². The van der Waals surface area contributed by atoms with E-state index in [1.807, 2.05) is 0 Å². The Morgan fingerprint density at radius 2 is 0.383 bits per heavy atom. The summed E-state index contributed by atoms with van der Waals surface area (Å²) in [5.41, 5.74) is 23.5. The van der Waals surface area contributed by atoms with Crippen molar-refractivity contribution in [1.82, 2.24) is 0 Å². The zero-order valence-electron chi connectivity index (χ0n) is 44.5. The quantitative estimate of drug-likeness (QED) is 0.107. The van der Waals surface area contributed by atoms with Gasteiger partial charge >= 0.3 is 0 Å². The van der Waals surface area contributed by atoms with Gasteiger partial charge < -0.3 is 9.80 Å². The van der Waals surface area contributed by atoms with E-state index in [0.29, 0.717) is 5.02 Å². The third kappa shape index (κ3) is 10.6. The van der Waals surface area contributed by atoms with Crippen molar-refractivity contribution >= 4 is 45.7 Å². The van der Waals surface area contributed by atoms with Gasteiger partial charge in [-0.3, -0.25) is 0 Å². The molecule has 0 saturated carbocycles. The predicted octanol–water partition coefficient (Wildman–Crippen LogP) is 22.6. The maximum absolute atomic E-state index is 7.78. The number of hydrogen-bond donors (Lipinski definition) is 0. The van der Waals surface area contributed by atoms with Gasteiger partial charge in [-0.05, 0) is 133 Å². The van der Waals surface area contributed by atoms with E-state index in [4.69, 9.17) is 11.6 Å². The van der Waals surface area contributed by atoms with Crippen molar-refractivity contribution in [3.8, 4) is 89.0 Å². The smallest absolute Gasteiger partial charge is 0.0618 e. The first kappa shape index (κ1) is 50.3. The minimum atomic E-state index is 0.589. The van der Waals surface area contributed by atoms with E-state index in [0.717, 1.165) is 123 Å². The van der Waals surface area contributed by atoms with Gasteiger partial charge in [-0.1, -0.05) is 279 Å². The maximum atomic E-state index is 7.78. The van der Waals surface area contributed by atoms with Crippen LogP contribution in [-0.2, 0) is 0 Å². The van der Waals surface area contributed by atoms with Crippen LogP contribution in [0.1, 0.15) is 0 Å². The summed E-state index contributed by atoms with van der Waals surface area (Å²) in [5, 5.41) is 0.589. The highest BCUT2D eigenvalue weighted by atomic mass is 35.5. The summed E-state index contributed by atoms with van der Waals surface area (Å²) in [5.74, 6) is 0. The van der Waals surface area contributed by atoms with Gasteiger partial charge in [-0.25, -0.2) is 0 Å². The van der Waals surface area contributed by atoms with E-state index >= 15 is 0 Å². The molecule has 0 heterocycles. The molecule has 0 radical (unpaired) electrons. The molecule has 13 rings (SSSR count). The molecule has 0 amide bonds. The number of nitrogens with zero attached hydrogens (tertiary/aromatic N) is 2. The Balaban J connectivity index is 1.12. The third-order valence-corrected chi connectivity index (χ3v) is 15.3. The van der Waals surface area contributed by atoms with Crippen molar-refractivity contribution in [2.24, 2.45) is 0 Å². The van der Waals surface area contributed by atoms with Crippen LogP contribution in [0.15, 0.2) is 334 Å². The van der Waals surface area contributed by atoms with Crippen LogP contribution in [0, 0.1) is 0 Å². The Kier molecular flexibility index (Phi) is 14.3. The fraction of sp³-hybridized carbons (Fsp3) is 0. The molecule has 0 aliphatic carbocycles. The SMILES string of the molecule is Clc1cc(N(c2ccc(-c3ccccc3)cc2)c2c(-c3ccccc3)cc(-c3ccccc3)cc2-c2ccccc2)cc(N(c2ccc(-c3ccccc3)cc2)c2c(-c3ccccc3)cc(-c3ccccc3)cc2-c2ccccc2)c1. The molecule has 13 aromatic carbocycles. The molecule has 0 fully saturated rings. The third-order valence-electron chi connectivity index (χ3n) is 15.1. The van der Waals surface area contributed by atoms with Crippen LogP contribution in [0.3, 0.4) is 0 Å². The summed E-state index contributed by atoms with van der Waals surface area (Å²) in [6.45, 7) is 0. The molecular weight excluding hydrogens is 1000 g/mol. The minimum absolute atomic E-state index is 0.589. The van der Waals surface area contributed by atoms with Gasteiger partial charge in [0.2, 0.25) is 0 Å². The highest BCUT2D eigenvalue weighted by Crippen LogP contribution is 2.53. The Bertz CT molecular complexity index is 3820. The fourth-order valence-corrected chi connectivity index (χ4v) is 11.4.